The molecule has 1 aromatic heterocycles. The predicted molar refractivity (Wildman–Crippen MR) is 160 cm³/mol. The number of carbonyl (C=O) groups excluding carboxylic acids is 4. The number of anilines is 1. The average molecular weight is 561 g/mol. The van der Waals surface area contributed by atoms with Crippen molar-refractivity contribution < 1.29 is 23.9 Å². The number of hydrogen-bond donors (Lipinski definition) is 0. The largest absolute Gasteiger partial charge is 0.454 e. The van der Waals surface area contributed by atoms with Crippen molar-refractivity contribution in [2.45, 2.75) is 40.0 Å². The highest BCUT2D eigenvalue weighted by molar-refractivity contribution is 6.22. The molecule has 0 spiro atoms. The van der Waals surface area contributed by atoms with Crippen LogP contribution in [0.25, 0.3) is 22.2 Å². The maximum Gasteiger partial charge on any atom is 0.339 e. The second-order valence-electron chi connectivity index (χ2n) is 11.6. The fourth-order valence-electron chi connectivity index (χ4n) is 6.11. The van der Waals surface area contributed by atoms with Crippen molar-refractivity contribution in [3.8, 4) is 11.3 Å². The Bertz CT molecular complexity index is 1730. The lowest BCUT2D eigenvalue weighted by molar-refractivity contribution is -0.122. The van der Waals surface area contributed by atoms with Crippen LogP contribution in [-0.2, 0) is 14.3 Å². The van der Waals surface area contributed by atoms with Crippen LogP contribution >= 0.6 is 0 Å². The molecule has 212 valence electrons. The molecule has 1 saturated heterocycles. The molecule has 0 radical (unpaired) electrons. The molecule has 3 atom stereocenters. The first-order valence-corrected chi connectivity index (χ1v) is 14.4. The van der Waals surface area contributed by atoms with E-state index in [0.29, 0.717) is 39.3 Å². The summed E-state index contributed by atoms with van der Waals surface area (Å²) in [7, 11) is 0. The van der Waals surface area contributed by atoms with Gasteiger partial charge in [0, 0.05) is 16.5 Å². The Hall–Kier alpha value is -4.65. The minimum Gasteiger partial charge on any atom is -0.454 e. The number of fused-ring (bicyclic) bond motifs is 2. The minimum absolute atomic E-state index is 0.117. The van der Waals surface area contributed by atoms with Crippen molar-refractivity contribution in [3.05, 3.63) is 95.1 Å². The SMILES string of the molecule is Cc1ccc(C(=O)COC(=O)c2cc(-c3ccc(N4C(=O)[C@@H]5CC[C@H](C)C[C@H]5C4=O)cc3)nc3ccc(C)cc23)cc1. The van der Waals surface area contributed by atoms with Gasteiger partial charge in [-0.05, 0) is 69.4 Å². The van der Waals surface area contributed by atoms with Crippen LogP contribution in [0.15, 0.2) is 72.8 Å². The summed E-state index contributed by atoms with van der Waals surface area (Å²) in [4.78, 5) is 58.4. The first-order chi connectivity index (χ1) is 20.2. The standard InChI is InChI=1S/C35H32N2O5/c1-20-4-8-24(9-5-20)32(38)19-42-35(41)29-18-31(36-30-15-7-22(3)16-27(29)30)23-10-12-25(13-11-23)37-33(39)26-14-6-21(2)17-28(26)34(37)40/h4-5,7-13,15-16,18,21,26,28H,6,14,17,19H2,1-3H3/t21-,26+,28+/m0/s1. The quantitative estimate of drug-likeness (QED) is 0.152. The number of nitrogens with zero attached hydrogens (tertiary/aromatic N) is 2. The highest BCUT2D eigenvalue weighted by atomic mass is 16.5. The zero-order chi connectivity index (χ0) is 29.5. The summed E-state index contributed by atoms with van der Waals surface area (Å²) < 4.78 is 5.48. The lowest BCUT2D eigenvalue weighted by Crippen LogP contribution is -2.30. The minimum atomic E-state index is -0.614. The van der Waals surface area contributed by atoms with Crippen molar-refractivity contribution >= 4 is 40.2 Å². The number of pyridine rings is 1. The Balaban J connectivity index is 1.27. The summed E-state index contributed by atoms with van der Waals surface area (Å²) in [5.74, 6) is -1.16. The smallest absolute Gasteiger partial charge is 0.339 e. The summed E-state index contributed by atoms with van der Waals surface area (Å²) in [6, 6.07) is 21.5. The van der Waals surface area contributed by atoms with Gasteiger partial charge in [-0.15, -0.1) is 0 Å². The van der Waals surface area contributed by atoms with E-state index in [1.807, 2.05) is 44.2 Å². The van der Waals surface area contributed by atoms with Crippen molar-refractivity contribution in [3.63, 3.8) is 0 Å². The molecule has 2 amide bonds. The number of aromatic nitrogens is 1. The number of carbonyl (C=O) groups is 4. The highest BCUT2D eigenvalue weighted by Crippen LogP contribution is 2.42. The van der Waals surface area contributed by atoms with Crippen LogP contribution in [0.1, 0.15) is 58.0 Å². The van der Waals surface area contributed by atoms with E-state index in [9.17, 15) is 19.2 Å². The molecule has 0 N–H and O–H groups in total. The molecule has 2 heterocycles. The van der Waals surface area contributed by atoms with Crippen molar-refractivity contribution in [2.24, 2.45) is 17.8 Å². The topological polar surface area (TPSA) is 93.6 Å². The number of benzene rings is 3. The van der Waals surface area contributed by atoms with Gasteiger partial charge in [-0.25, -0.2) is 9.78 Å². The van der Waals surface area contributed by atoms with Crippen molar-refractivity contribution in [1.82, 2.24) is 4.98 Å². The predicted octanol–water partition coefficient (Wildman–Crippen LogP) is 6.48. The number of ether oxygens (including phenoxy) is 1. The maximum absolute atomic E-state index is 13.3. The molecule has 42 heavy (non-hydrogen) atoms. The molecule has 6 rings (SSSR count). The van der Waals surface area contributed by atoms with Gasteiger partial charge in [0.15, 0.2) is 12.4 Å². The van der Waals surface area contributed by atoms with Crippen LogP contribution < -0.4 is 4.90 Å². The Morgan fingerprint density at radius 3 is 2.29 bits per heavy atom. The van der Waals surface area contributed by atoms with E-state index < -0.39 is 5.97 Å². The van der Waals surface area contributed by atoms with Gasteiger partial charge in [0.1, 0.15) is 0 Å². The zero-order valence-corrected chi connectivity index (χ0v) is 23.9. The van der Waals surface area contributed by atoms with E-state index in [2.05, 4.69) is 6.92 Å². The first kappa shape index (κ1) is 27.5. The Morgan fingerprint density at radius 1 is 0.857 bits per heavy atom. The molecule has 0 unspecified atom stereocenters. The Morgan fingerprint density at radius 2 is 1.55 bits per heavy atom. The summed E-state index contributed by atoms with van der Waals surface area (Å²) in [5.41, 5.74) is 5.20. The van der Waals surface area contributed by atoms with E-state index in [1.165, 1.54) is 4.90 Å². The zero-order valence-electron chi connectivity index (χ0n) is 23.9. The van der Waals surface area contributed by atoms with Crippen LogP contribution in [0.3, 0.4) is 0 Å². The number of amides is 2. The first-order valence-electron chi connectivity index (χ1n) is 14.4. The van der Waals surface area contributed by atoms with Crippen molar-refractivity contribution in [2.75, 3.05) is 11.5 Å². The second-order valence-corrected chi connectivity index (χ2v) is 11.6. The molecule has 2 aliphatic rings. The van der Waals surface area contributed by atoms with E-state index in [-0.39, 0.29) is 36.0 Å². The van der Waals surface area contributed by atoms with Crippen molar-refractivity contribution in [1.29, 1.82) is 0 Å². The molecule has 1 aliphatic heterocycles. The third-order valence-electron chi connectivity index (χ3n) is 8.50. The lowest BCUT2D eigenvalue weighted by Gasteiger charge is -2.25. The van der Waals surface area contributed by atoms with Crippen LogP contribution in [0.4, 0.5) is 5.69 Å². The summed E-state index contributed by atoms with van der Waals surface area (Å²) in [6.07, 6.45) is 2.46. The number of esters is 1. The number of ketones is 1. The molecule has 1 saturated carbocycles. The number of rotatable bonds is 6. The van der Waals surface area contributed by atoms with Crippen LogP contribution in [0.2, 0.25) is 0 Å². The van der Waals surface area contributed by atoms with E-state index >= 15 is 0 Å². The molecule has 7 nitrogen and oxygen atoms in total. The fraction of sp³-hybridized carbons (Fsp3) is 0.286. The lowest BCUT2D eigenvalue weighted by atomic mass is 9.76. The molecule has 1 aliphatic carbocycles. The van der Waals surface area contributed by atoms with E-state index in [0.717, 1.165) is 36.0 Å². The van der Waals surface area contributed by atoms with Gasteiger partial charge in [-0.1, -0.05) is 60.5 Å². The molecule has 7 heteroatoms. The van der Waals surface area contributed by atoms with Crippen LogP contribution in [0.5, 0.6) is 0 Å². The average Bonchev–Trinajstić information content (AvgIpc) is 3.24. The maximum atomic E-state index is 13.3. The fourth-order valence-corrected chi connectivity index (χ4v) is 6.11. The van der Waals surface area contributed by atoms with Gasteiger partial charge in [-0.3, -0.25) is 19.3 Å². The van der Waals surface area contributed by atoms with Gasteiger partial charge in [0.2, 0.25) is 11.8 Å². The molecule has 3 aromatic carbocycles. The number of Topliss-reactive ketones (excluding diaryl/α,β-unsaturated/α-hetero) is 1. The van der Waals surface area contributed by atoms with Crippen LogP contribution in [-0.4, -0.2) is 35.2 Å². The number of aryl methyl sites for hydroxylation is 2. The third-order valence-corrected chi connectivity index (χ3v) is 8.50. The number of hydrogen-bond acceptors (Lipinski definition) is 6. The summed E-state index contributed by atoms with van der Waals surface area (Å²) in [5, 5.41) is 0.633. The molecule has 0 bridgehead atoms. The van der Waals surface area contributed by atoms with E-state index in [1.54, 1.807) is 42.5 Å². The summed E-state index contributed by atoms with van der Waals surface area (Å²) >= 11 is 0. The van der Waals surface area contributed by atoms with Gasteiger partial charge in [0.25, 0.3) is 0 Å². The van der Waals surface area contributed by atoms with Gasteiger partial charge >= 0.3 is 5.97 Å². The highest BCUT2D eigenvalue weighted by Gasteiger charge is 2.49. The van der Waals surface area contributed by atoms with Gasteiger partial charge in [-0.2, -0.15) is 0 Å². The van der Waals surface area contributed by atoms with E-state index in [4.69, 9.17) is 9.72 Å². The van der Waals surface area contributed by atoms with Crippen LogP contribution in [0, 0.1) is 31.6 Å². The Kier molecular flexibility index (Phi) is 7.19. The second kappa shape index (κ2) is 11.0. The Labute approximate surface area is 244 Å². The molecular weight excluding hydrogens is 528 g/mol. The van der Waals surface area contributed by atoms with Gasteiger partial charge < -0.3 is 4.74 Å². The normalized spacial score (nSPS) is 20.1. The molecule has 2 fully saturated rings. The monoisotopic (exact) mass is 560 g/mol. The summed E-state index contributed by atoms with van der Waals surface area (Å²) in [6.45, 7) is 5.63. The number of imide groups is 1. The third kappa shape index (κ3) is 5.11. The molecule has 4 aromatic rings. The van der Waals surface area contributed by atoms with Gasteiger partial charge in [0.05, 0.1) is 34.3 Å². The molecular formula is C35H32N2O5.